The number of pyridine rings is 2. The van der Waals surface area contributed by atoms with E-state index in [1.807, 2.05) is 26.1 Å². The molecule has 4 heterocycles. The first kappa shape index (κ1) is 20.8. The molecular weight excluding hydrogens is 409 g/mol. The fraction of sp³-hybridized carbons (Fsp3) is 0.333. The molecule has 1 fully saturated rings. The fourth-order valence-electron chi connectivity index (χ4n) is 3.57. The Bertz CT molecular complexity index is 1110. The molecule has 0 aliphatic carbocycles. The molecule has 1 saturated heterocycles. The van der Waals surface area contributed by atoms with Crippen LogP contribution in [0.2, 0.25) is 0 Å². The van der Waals surface area contributed by atoms with Crippen LogP contribution in [-0.2, 0) is 11.0 Å². The van der Waals surface area contributed by atoms with Crippen LogP contribution in [0.4, 0.5) is 24.8 Å². The van der Waals surface area contributed by atoms with Crippen molar-refractivity contribution in [2.45, 2.75) is 39.0 Å². The highest BCUT2D eigenvalue weighted by Gasteiger charge is 2.31. The van der Waals surface area contributed by atoms with E-state index in [-0.39, 0.29) is 17.9 Å². The molecule has 0 bridgehead atoms. The molecule has 1 aliphatic rings. The lowest BCUT2D eigenvalue weighted by molar-refractivity contribution is -0.137. The zero-order valence-corrected chi connectivity index (χ0v) is 17.0. The van der Waals surface area contributed by atoms with Crippen LogP contribution in [0.15, 0.2) is 42.9 Å². The molecule has 1 amide bonds. The summed E-state index contributed by atoms with van der Waals surface area (Å²) in [6, 6.07) is 5.44. The van der Waals surface area contributed by atoms with E-state index in [1.165, 1.54) is 0 Å². The van der Waals surface area contributed by atoms with E-state index >= 15 is 0 Å². The van der Waals surface area contributed by atoms with Crippen LogP contribution in [0.1, 0.15) is 37.1 Å². The second-order valence-corrected chi connectivity index (χ2v) is 7.50. The van der Waals surface area contributed by atoms with Crippen molar-refractivity contribution in [2.75, 3.05) is 11.9 Å². The van der Waals surface area contributed by atoms with Gasteiger partial charge in [0.2, 0.25) is 5.91 Å². The zero-order chi connectivity index (χ0) is 22.2. The molecule has 3 aromatic heterocycles. The smallest absolute Gasteiger partial charge is 0.325 e. The maximum Gasteiger partial charge on any atom is 0.416 e. The van der Waals surface area contributed by atoms with Crippen molar-refractivity contribution in [3.63, 3.8) is 0 Å². The van der Waals surface area contributed by atoms with Gasteiger partial charge < -0.3 is 10.2 Å². The van der Waals surface area contributed by atoms with E-state index in [0.717, 1.165) is 35.9 Å². The number of hydrogen-bond donors (Lipinski definition) is 1. The molecule has 0 unspecified atom stereocenters. The monoisotopic (exact) mass is 430 g/mol. The number of aryl methyl sites for hydroxylation is 1. The van der Waals surface area contributed by atoms with Crippen molar-refractivity contribution >= 4 is 17.5 Å². The number of rotatable bonds is 5. The van der Waals surface area contributed by atoms with Crippen molar-refractivity contribution in [2.24, 2.45) is 0 Å². The molecule has 1 N–H and O–H groups in total. The lowest BCUT2D eigenvalue weighted by Gasteiger charge is -2.24. The van der Waals surface area contributed by atoms with Crippen LogP contribution < -0.4 is 5.32 Å². The minimum atomic E-state index is -4.45. The Hall–Kier alpha value is -3.43. The molecule has 162 valence electrons. The van der Waals surface area contributed by atoms with E-state index in [1.54, 1.807) is 21.8 Å². The standard InChI is InChI=1S/C21H21F3N6O/c1-13-8-17(15-11-26-30(12-15)14(2)29-7-3-4-20(29)31)27-19(9-13)28-18-10-16(5-6-25-18)21(22,23)24/h5-6,8-12,14H,3-4,7H2,1-2H3,(H,25,27,28)/t14-/m0/s1. The molecule has 0 aromatic carbocycles. The lowest BCUT2D eigenvalue weighted by Crippen LogP contribution is -2.31. The molecule has 4 rings (SSSR count). The topological polar surface area (TPSA) is 75.9 Å². The van der Waals surface area contributed by atoms with E-state index < -0.39 is 11.7 Å². The molecular formula is C21H21F3N6O. The van der Waals surface area contributed by atoms with Gasteiger partial charge in [-0.15, -0.1) is 0 Å². The second-order valence-electron chi connectivity index (χ2n) is 7.50. The highest BCUT2D eigenvalue weighted by Crippen LogP contribution is 2.31. The van der Waals surface area contributed by atoms with Gasteiger partial charge in [0.1, 0.15) is 17.8 Å². The highest BCUT2D eigenvalue weighted by molar-refractivity contribution is 5.78. The first-order valence-electron chi connectivity index (χ1n) is 9.84. The largest absolute Gasteiger partial charge is 0.416 e. The van der Waals surface area contributed by atoms with Gasteiger partial charge in [-0.2, -0.15) is 18.3 Å². The first-order valence-corrected chi connectivity index (χ1v) is 9.84. The predicted molar refractivity (Wildman–Crippen MR) is 108 cm³/mol. The highest BCUT2D eigenvalue weighted by atomic mass is 19.4. The number of carbonyl (C=O) groups excluding carboxylic acids is 1. The average molecular weight is 430 g/mol. The van der Waals surface area contributed by atoms with Crippen LogP contribution in [0.3, 0.4) is 0 Å². The Morgan fingerprint density at radius 3 is 2.71 bits per heavy atom. The molecule has 10 heteroatoms. The third kappa shape index (κ3) is 4.52. The number of halogens is 3. The molecule has 1 atom stereocenters. The van der Waals surface area contributed by atoms with Crippen molar-refractivity contribution < 1.29 is 18.0 Å². The van der Waals surface area contributed by atoms with Crippen LogP contribution in [-0.4, -0.2) is 37.1 Å². The Kier molecular flexibility index (Phi) is 5.38. The van der Waals surface area contributed by atoms with Gasteiger partial charge in [0, 0.05) is 30.9 Å². The summed E-state index contributed by atoms with van der Waals surface area (Å²) in [6.45, 7) is 4.48. The van der Waals surface area contributed by atoms with Gasteiger partial charge in [-0.3, -0.25) is 4.79 Å². The molecule has 7 nitrogen and oxygen atoms in total. The second kappa shape index (κ2) is 8.01. The number of nitrogens with zero attached hydrogens (tertiary/aromatic N) is 5. The Labute approximate surface area is 176 Å². The Morgan fingerprint density at radius 1 is 1.19 bits per heavy atom. The van der Waals surface area contributed by atoms with Gasteiger partial charge in [-0.25, -0.2) is 14.6 Å². The van der Waals surface area contributed by atoms with Crippen molar-refractivity contribution in [1.82, 2.24) is 24.6 Å². The zero-order valence-electron chi connectivity index (χ0n) is 17.0. The minimum absolute atomic E-state index is 0.0516. The number of anilines is 2. The molecule has 0 spiro atoms. The number of likely N-dealkylation sites (tertiary alicyclic amines) is 1. The summed E-state index contributed by atoms with van der Waals surface area (Å²) in [7, 11) is 0. The average Bonchev–Trinajstić information content (AvgIpc) is 3.36. The van der Waals surface area contributed by atoms with Crippen LogP contribution in [0.25, 0.3) is 11.3 Å². The van der Waals surface area contributed by atoms with Gasteiger partial charge in [0.15, 0.2) is 0 Å². The summed E-state index contributed by atoms with van der Waals surface area (Å²) in [5.41, 5.74) is 1.43. The lowest BCUT2D eigenvalue weighted by atomic mass is 10.1. The Balaban J connectivity index is 1.58. The number of aromatic nitrogens is 4. The molecule has 0 saturated carbocycles. The SMILES string of the molecule is Cc1cc(Nc2cc(C(F)(F)F)ccn2)nc(-c2cnn([C@@H](C)N3CCCC3=O)c2)c1. The summed E-state index contributed by atoms with van der Waals surface area (Å²) in [6.07, 6.45) is 1.31. The number of amides is 1. The summed E-state index contributed by atoms with van der Waals surface area (Å²) < 4.78 is 40.6. The van der Waals surface area contributed by atoms with E-state index in [9.17, 15) is 18.0 Å². The summed E-state index contributed by atoms with van der Waals surface area (Å²) in [5, 5.41) is 7.22. The van der Waals surface area contributed by atoms with Crippen molar-refractivity contribution in [1.29, 1.82) is 0 Å². The van der Waals surface area contributed by atoms with Crippen LogP contribution in [0, 0.1) is 6.92 Å². The maximum atomic E-state index is 13.0. The minimum Gasteiger partial charge on any atom is -0.325 e. The fourth-order valence-corrected chi connectivity index (χ4v) is 3.57. The van der Waals surface area contributed by atoms with Gasteiger partial charge in [-0.05, 0) is 50.1 Å². The molecule has 31 heavy (non-hydrogen) atoms. The normalized spacial score (nSPS) is 15.4. The van der Waals surface area contributed by atoms with Gasteiger partial charge in [-0.1, -0.05) is 0 Å². The third-order valence-corrected chi connectivity index (χ3v) is 5.15. The number of hydrogen-bond acceptors (Lipinski definition) is 5. The van der Waals surface area contributed by atoms with E-state index in [0.29, 0.717) is 24.5 Å². The predicted octanol–water partition coefficient (Wildman–Crippen LogP) is 4.55. The number of carbonyl (C=O) groups is 1. The van der Waals surface area contributed by atoms with E-state index in [4.69, 9.17) is 0 Å². The van der Waals surface area contributed by atoms with Crippen LogP contribution >= 0.6 is 0 Å². The summed E-state index contributed by atoms with van der Waals surface area (Å²) in [4.78, 5) is 22.3. The third-order valence-electron chi connectivity index (χ3n) is 5.15. The molecule has 1 aliphatic heterocycles. The molecule has 0 radical (unpaired) electrons. The summed E-state index contributed by atoms with van der Waals surface area (Å²) >= 11 is 0. The van der Waals surface area contributed by atoms with Crippen molar-refractivity contribution in [3.8, 4) is 11.3 Å². The van der Waals surface area contributed by atoms with Crippen LogP contribution in [0.5, 0.6) is 0 Å². The Morgan fingerprint density at radius 2 is 2.00 bits per heavy atom. The number of alkyl halides is 3. The maximum absolute atomic E-state index is 13.0. The van der Waals surface area contributed by atoms with Gasteiger partial charge >= 0.3 is 6.18 Å². The summed E-state index contributed by atoms with van der Waals surface area (Å²) in [5.74, 6) is 0.534. The quantitative estimate of drug-likeness (QED) is 0.643. The van der Waals surface area contributed by atoms with E-state index in [2.05, 4.69) is 20.4 Å². The molecule has 3 aromatic rings. The van der Waals surface area contributed by atoms with Gasteiger partial charge in [0.25, 0.3) is 0 Å². The van der Waals surface area contributed by atoms with Gasteiger partial charge in [0.05, 0.1) is 17.5 Å². The van der Waals surface area contributed by atoms with Crippen molar-refractivity contribution in [3.05, 3.63) is 54.0 Å². The number of nitrogens with one attached hydrogen (secondary N) is 1. The first-order chi connectivity index (χ1) is 14.7.